The average Bonchev–Trinajstić information content (AvgIpc) is 2.33. The molecule has 10 heteroatoms. The number of carbonyl (C=O) groups excluding carboxylic acids is 2. The lowest BCUT2D eigenvalue weighted by molar-refractivity contribution is -0.148. The molecule has 0 aliphatic carbocycles. The second-order valence-corrected chi connectivity index (χ2v) is 2.77. The van der Waals surface area contributed by atoms with Crippen molar-refractivity contribution in [3.05, 3.63) is 0 Å². The summed E-state index contributed by atoms with van der Waals surface area (Å²) in [7, 11) is 0. The number of aliphatic carboxylic acids is 2. The van der Waals surface area contributed by atoms with Gasteiger partial charge in [-0.2, -0.15) is 11.8 Å². The highest BCUT2D eigenvalue weighted by molar-refractivity contribution is 5.76. The maximum atomic E-state index is 10.1. The van der Waals surface area contributed by atoms with Gasteiger partial charge < -0.3 is 19.9 Å². The number of hydrogen-bond donors (Lipinski definition) is 4. The van der Waals surface area contributed by atoms with Crippen molar-refractivity contribution in [2.24, 2.45) is 11.8 Å². The summed E-state index contributed by atoms with van der Waals surface area (Å²) in [5, 5.41) is 16.0. The molecule has 0 fully saturated rings. The third kappa shape index (κ3) is 16.2. The highest BCUT2D eigenvalue weighted by Crippen LogP contribution is 1.89. The number of carboxylic acids is 2. The molecule has 0 aliphatic heterocycles. The maximum Gasteiger partial charge on any atom is 0.325 e. The van der Waals surface area contributed by atoms with Gasteiger partial charge in [0.1, 0.15) is 0 Å². The van der Waals surface area contributed by atoms with Gasteiger partial charge in [-0.25, -0.2) is 0 Å². The lowest BCUT2D eigenvalue weighted by Gasteiger charge is -1.91. The smallest absolute Gasteiger partial charge is 0.325 e. The molecule has 0 heterocycles. The van der Waals surface area contributed by atoms with E-state index in [-0.39, 0.29) is 25.7 Å². The molecule has 10 nitrogen and oxygen atoms in total. The molecule has 0 amide bonds. The monoisotopic (exact) mass is 266 g/mol. The summed E-state index contributed by atoms with van der Waals surface area (Å²) in [4.78, 5) is 47.2. The van der Waals surface area contributed by atoms with E-state index in [1.807, 2.05) is 0 Å². The first-order chi connectivity index (χ1) is 8.33. The Morgan fingerprint density at radius 2 is 1.00 bits per heavy atom. The van der Waals surface area contributed by atoms with Gasteiger partial charge in [-0.15, -0.1) is 0 Å². The standard InChI is InChI=1S/2C4H7NO4/c2*5-9-4(8)2-1-3(6)7/h2*1-2,5H2,(H,6,7). The number of rotatable bonds is 6. The number of carbonyl (C=O) groups is 4. The van der Waals surface area contributed by atoms with E-state index < -0.39 is 23.9 Å². The Balaban J connectivity index is 0. The van der Waals surface area contributed by atoms with Crippen LogP contribution in [0.3, 0.4) is 0 Å². The van der Waals surface area contributed by atoms with Crippen LogP contribution in [-0.4, -0.2) is 34.1 Å². The topological polar surface area (TPSA) is 179 Å². The summed E-state index contributed by atoms with van der Waals surface area (Å²) in [6, 6.07) is 0. The van der Waals surface area contributed by atoms with Gasteiger partial charge in [-0.3, -0.25) is 19.2 Å². The highest BCUT2D eigenvalue weighted by Gasteiger charge is 2.04. The molecule has 0 atom stereocenters. The van der Waals surface area contributed by atoms with Gasteiger partial charge >= 0.3 is 23.9 Å². The molecule has 0 unspecified atom stereocenters. The van der Waals surface area contributed by atoms with Gasteiger partial charge in [0.05, 0.1) is 25.7 Å². The zero-order valence-electron chi connectivity index (χ0n) is 9.33. The van der Waals surface area contributed by atoms with E-state index in [9.17, 15) is 19.2 Å². The molecule has 0 radical (unpaired) electrons. The maximum absolute atomic E-state index is 10.1. The van der Waals surface area contributed by atoms with Gasteiger partial charge in [0, 0.05) is 0 Å². The van der Waals surface area contributed by atoms with Crippen molar-refractivity contribution in [3.63, 3.8) is 0 Å². The normalized spacial score (nSPS) is 8.56. The second kappa shape index (κ2) is 11.3. The Labute approximate surface area is 101 Å². The van der Waals surface area contributed by atoms with Crippen LogP contribution in [-0.2, 0) is 28.9 Å². The number of hydrogen-bond acceptors (Lipinski definition) is 8. The van der Waals surface area contributed by atoms with Crippen molar-refractivity contribution < 1.29 is 39.1 Å². The molecule has 18 heavy (non-hydrogen) atoms. The summed E-state index contributed by atoms with van der Waals surface area (Å²) < 4.78 is 0. The minimum atomic E-state index is -1.04. The van der Waals surface area contributed by atoms with Crippen LogP contribution >= 0.6 is 0 Å². The van der Waals surface area contributed by atoms with Crippen molar-refractivity contribution >= 4 is 23.9 Å². The van der Waals surface area contributed by atoms with Crippen molar-refractivity contribution in [2.45, 2.75) is 25.7 Å². The molecule has 0 saturated carbocycles. The quantitative estimate of drug-likeness (QED) is 0.414. The summed E-state index contributed by atoms with van der Waals surface area (Å²) in [6.45, 7) is 0. The fourth-order valence-electron chi connectivity index (χ4n) is 0.536. The lowest BCUT2D eigenvalue weighted by Crippen LogP contribution is -2.11. The first-order valence-electron chi connectivity index (χ1n) is 4.56. The molecule has 0 rings (SSSR count). The summed E-state index contributed by atoms with van der Waals surface area (Å²) >= 11 is 0. The molecular formula is C8H14N2O8. The third-order valence-corrected chi connectivity index (χ3v) is 1.35. The Morgan fingerprint density at radius 3 is 1.17 bits per heavy atom. The zero-order chi connectivity index (χ0) is 14.6. The van der Waals surface area contributed by atoms with Crippen molar-refractivity contribution in [1.82, 2.24) is 0 Å². The highest BCUT2D eigenvalue weighted by atomic mass is 16.7. The van der Waals surface area contributed by atoms with Gasteiger partial charge in [0.25, 0.3) is 0 Å². The molecule has 0 spiro atoms. The summed E-state index contributed by atoms with van der Waals surface area (Å²) in [6.07, 6.45) is -0.830. The predicted octanol–water partition coefficient (Wildman–Crippen LogP) is -1.46. The number of carboxylic acid groups (broad SMARTS) is 2. The van der Waals surface area contributed by atoms with Crippen LogP contribution in [0.5, 0.6) is 0 Å². The van der Waals surface area contributed by atoms with Crippen LogP contribution in [0.1, 0.15) is 25.7 Å². The van der Waals surface area contributed by atoms with Crippen LogP contribution in [0, 0.1) is 0 Å². The van der Waals surface area contributed by atoms with E-state index >= 15 is 0 Å². The van der Waals surface area contributed by atoms with Gasteiger partial charge in [0.2, 0.25) is 0 Å². The molecule has 0 aromatic heterocycles. The van der Waals surface area contributed by atoms with Crippen molar-refractivity contribution in [3.8, 4) is 0 Å². The zero-order valence-corrected chi connectivity index (χ0v) is 9.33. The molecule has 0 aromatic rings. The minimum absolute atomic E-state index is 0.175. The van der Waals surface area contributed by atoms with Crippen LogP contribution in [0.2, 0.25) is 0 Å². The SMILES string of the molecule is NOC(=O)CCC(=O)O.NOC(=O)CCC(=O)O. The molecule has 6 N–H and O–H groups in total. The summed E-state index contributed by atoms with van der Waals surface area (Å²) in [5.41, 5.74) is 0. The number of nitrogens with two attached hydrogens (primary N) is 2. The molecule has 0 aliphatic rings. The molecule has 0 saturated heterocycles. The fraction of sp³-hybridized carbons (Fsp3) is 0.500. The second-order valence-electron chi connectivity index (χ2n) is 2.77. The largest absolute Gasteiger partial charge is 0.481 e. The van der Waals surface area contributed by atoms with Crippen LogP contribution < -0.4 is 11.8 Å². The van der Waals surface area contributed by atoms with E-state index in [0.717, 1.165) is 0 Å². The molecule has 0 bridgehead atoms. The van der Waals surface area contributed by atoms with Crippen molar-refractivity contribution in [2.75, 3.05) is 0 Å². The molecule has 0 aromatic carbocycles. The third-order valence-electron chi connectivity index (χ3n) is 1.35. The van der Waals surface area contributed by atoms with E-state index in [1.165, 1.54) is 0 Å². The first-order valence-corrected chi connectivity index (χ1v) is 4.56. The lowest BCUT2D eigenvalue weighted by atomic mass is 10.3. The van der Waals surface area contributed by atoms with Crippen LogP contribution in [0.15, 0.2) is 0 Å². The first kappa shape index (κ1) is 18.2. The van der Waals surface area contributed by atoms with E-state index in [0.29, 0.717) is 0 Å². The fourth-order valence-corrected chi connectivity index (χ4v) is 0.536. The van der Waals surface area contributed by atoms with E-state index in [2.05, 4.69) is 21.5 Å². The van der Waals surface area contributed by atoms with E-state index in [4.69, 9.17) is 10.2 Å². The van der Waals surface area contributed by atoms with E-state index in [1.54, 1.807) is 0 Å². The van der Waals surface area contributed by atoms with Gasteiger partial charge in [-0.05, 0) is 0 Å². The minimum Gasteiger partial charge on any atom is -0.481 e. The predicted molar refractivity (Wildman–Crippen MR) is 54.3 cm³/mol. The van der Waals surface area contributed by atoms with Crippen molar-refractivity contribution in [1.29, 1.82) is 0 Å². The summed E-state index contributed by atoms with van der Waals surface area (Å²) in [5.74, 6) is 5.33. The Morgan fingerprint density at radius 1 is 0.722 bits per heavy atom. The van der Waals surface area contributed by atoms with Gasteiger partial charge in [0.15, 0.2) is 0 Å². The molecule has 104 valence electrons. The Kier molecular flexibility index (Phi) is 11.4. The van der Waals surface area contributed by atoms with Gasteiger partial charge in [-0.1, -0.05) is 0 Å². The molecular weight excluding hydrogens is 252 g/mol. The van der Waals surface area contributed by atoms with Crippen LogP contribution in [0.25, 0.3) is 0 Å². The van der Waals surface area contributed by atoms with Crippen LogP contribution in [0.4, 0.5) is 0 Å². The Hall–Kier alpha value is -2.20. The average molecular weight is 266 g/mol. The Bertz CT molecular complexity index is 273.